The van der Waals surface area contributed by atoms with Crippen molar-refractivity contribution in [2.75, 3.05) is 19.0 Å². The van der Waals surface area contributed by atoms with Gasteiger partial charge in [0.25, 0.3) is 5.91 Å². The number of ether oxygens (including phenoxy) is 2. The molecule has 0 saturated carbocycles. The standard InChI is InChI=1S/C26H25NO4/c1-4-31-24-15-9-19(17-25(24)30-3)8-14-23(28)20-10-12-22(13-11-20)27-26(29)21-7-5-6-18(2)16-21/h5-17H,4H2,1-3H3,(H,27,29)/b14-8+. The molecule has 0 aliphatic rings. The van der Waals surface area contributed by atoms with E-state index in [2.05, 4.69) is 5.32 Å². The fourth-order valence-corrected chi connectivity index (χ4v) is 3.04. The van der Waals surface area contributed by atoms with Crippen LogP contribution in [0.5, 0.6) is 11.5 Å². The lowest BCUT2D eigenvalue weighted by molar-refractivity contribution is 0.102. The van der Waals surface area contributed by atoms with Crippen molar-refractivity contribution >= 4 is 23.5 Å². The molecular weight excluding hydrogens is 390 g/mol. The molecule has 0 unspecified atom stereocenters. The average Bonchev–Trinajstić information content (AvgIpc) is 2.78. The van der Waals surface area contributed by atoms with Crippen LogP contribution in [-0.4, -0.2) is 25.4 Å². The first-order valence-corrected chi connectivity index (χ1v) is 10.0. The molecule has 0 saturated heterocycles. The number of benzene rings is 3. The average molecular weight is 415 g/mol. The van der Waals surface area contributed by atoms with E-state index in [9.17, 15) is 9.59 Å². The second-order valence-electron chi connectivity index (χ2n) is 6.94. The summed E-state index contributed by atoms with van der Waals surface area (Å²) in [6.45, 7) is 4.39. The van der Waals surface area contributed by atoms with Gasteiger partial charge in [0.05, 0.1) is 13.7 Å². The number of allylic oxidation sites excluding steroid dienone is 1. The number of nitrogens with one attached hydrogen (secondary N) is 1. The van der Waals surface area contributed by atoms with Crippen LogP contribution in [0, 0.1) is 6.92 Å². The molecule has 31 heavy (non-hydrogen) atoms. The maximum atomic E-state index is 12.5. The van der Waals surface area contributed by atoms with Gasteiger partial charge in [0.2, 0.25) is 0 Å². The topological polar surface area (TPSA) is 64.6 Å². The van der Waals surface area contributed by atoms with E-state index in [-0.39, 0.29) is 11.7 Å². The van der Waals surface area contributed by atoms with Gasteiger partial charge in [-0.1, -0.05) is 29.8 Å². The van der Waals surface area contributed by atoms with E-state index in [4.69, 9.17) is 9.47 Å². The molecule has 3 aromatic rings. The van der Waals surface area contributed by atoms with Crippen LogP contribution in [0.4, 0.5) is 5.69 Å². The highest BCUT2D eigenvalue weighted by Crippen LogP contribution is 2.28. The molecule has 0 bridgehead atoms. The van der Waals surface area contributed by atoms with Crippen LogP contribution in [0.15, 0.2) is 72.8 Å². The molecule has 1 amide bonds. The fourth-order valence-electron chi connectivity index (χ4n) is 3.04. The molecule has 0 heterocycles. The Morgan fingerprint density at radius 1 is 0.935 bits per heavy atom. The third kappa shape index (κ3) is 5.82. The van der Waals surface area contributed by atoms with E-state index in [0.29, 0.717) is 34.9 Å². The molecule has 3 aromatic carbocycles. The zero-order valence-corrected chi connectivity index (χ0v) is 17.8. The molecule has 0 radical (unpaired) electrons. The van der Waals surface area contributed by atoms with Gasteiger partial charge >= 0.3 is 0 Å². The zero-order chi connectivity index (χ0) is 22.2. The Kier molecular flexibility index (Phi) is 7.22. The monoisotopic (exact) mass is 415 g/mol. The number of rotatable bonds is 8. The van der Waals surface area contributed by atoms with Crippen molar-refractivity contribution in [2.45, 2.75) is 13.8 Å². The normalized spacial score (nSPS) is 10.7. The van der Waals surface area contributed by atoms with Crippen LogP contribution >= 0.6 is 0 Å². The second kappa shape index (κ2) is 10.3. The molecular formula is C26H25NO4. The molecule has 5 nitrogen and oxygen atoms in total. The van der Waals surface area contributed by atoms with Gasteiger partial charge in [-0.3, -0.25) is 9.59 Å². The van der Waals surface area contributed by atoms with E-state index in [1.807, 2.05) is 50.2 Å². The summed E-state index contributed by atoms with van der Waals surface area (Å²) < 4.78 is 10.8. The number of carbonyl (C=O) groups excluding carboxylic acids is 2. The lowest BCUT2D eigenvalue weighted by atomic mass is 10.1. The Morgan fingerprint density at radius 2 is 1.71 bits per heavy atom. The van der Waals surface area contributed by atoms with Gasteiger partial charge in [-0.15, -0.1) is 0 Å². The second-order valence-corrected chi connectivity index (χ2v) is 6.94. The first-order chi connectivity index (χ1) is 15.0. The molecule has 0 aliphatic carbocycles. The van der Waals surface area contributed by atoms with E-state index in [0.717, 1.165) is 11.1 Å². The van der Waals surface area contributed by atoms with E-state index in [1.165, 1.54) is 6.08 Å². The highest BCUT2D eigenvalue weighted by Gasteiger charge is 2.08. The van der Waals surface area contributed by atoms with Crippen molar-refractivity contribution in [2.24, 2.45) is 0 Å². The number of ketones is 1. The number of methoxy groups -OCH3 is 1. The van der Waals surface area contributed by atoms with Gasteiger partial charge in [-0.2, -0.15) is 0 Å². The molecule has 0 spiro atoms. The molecule has 3 rings (SSSR count). The van der Waals surface area contributed by atoms with Crippen molar-refractivity contribution in [1.29, 1.82) is 0 Å². The van der Waals surface area contributed by atoms with Crippen LogP contribution in [0.2, 0.25) is 0 Å². The summed E-state index contributed by atoms with van der Waals surface area (Å²) in [6.07, 6.45) is 3.24. The van der Waals surface area contributed by atoms with Gasteiger partial charge in [-0.05, 0) is 74.0 Å². The van der Waals surface area contributed by atoms with Crippen molar-refractivity contribution in [3.05, 3.63) is 95.1 Å². The van der Waals surface area contributed by atoms with Gasteiger partial charge in [-0.25, -0.2) is 0 Å². The summed E-state index contributed by atoms with van der Waals surface area (Å²) in [4.78, 5) is 24.9. The maximum Gasteiger partial charge on any atom is 0.255 e. The van der Waals surface area contributed by atoms with E-state index >= 15 is 0 Å². The number of aryl methyl sites for hydroxylation is 1. The zero-order valence-electron chi connectivity index (χ0n) is 17.8. The van der Waals surface area contributed by atoms with Gasteiger partial charge in [0.15, 0.2) is 17.3 Å². The van der Waals surface area contributed by atoms with E-state index in [1.54, 1.807) is 43.5 Å². The number of carbonyl (C=O) groups is 2. The van der Waals surface area contributed by atoms with Crippen LogP contribution in [0.25, 0.3) is 6.08 Å². The number of hydrogen-bond acceptors (Lipinski definition) is 4. The molecule has 0 aromatic heterocycles. The van der Waals surface area contributed by atoms with Crippen molar-refractivity contribution < 1.29 is 19.1 Å². The van der Waals surface area contributed by atoms with E-state index < -0.39 is 0 Å². The summed E-state index contributed by atoms with van der Waals surface area (Å²) in [5.74, 6) is 0.957. The van der Waals surface area contributed by atoms with Crippen molar-refractivity contribution in [3.8, 4) is 11.5 Å². The highest BCUT2D eigenvalue weighted by atomic mass is 16.5. The number of hydrogen-bond donors (Lipinski definition) is 1. The third-order valence-electron chi connectivity index (χ3n) is 4.62. The smallest absolute Gasteiger partial charge is 0.255 e. The van der Waals surface area contributed by atoms with Crippen LogP contribution in [-0.2, 0) is 0 Å². The Hall–Kier alpha value is -3.86. The minimum Gasteiger partial charge on any atom is -0.493 e. The van der Waals surface area contributed by atoms with Gasteiger partial charge in [0.1, 0.15) is 0 Å². The Balaban J connectivity index is 1.65. The number of anilines is 1. The van der Waals surface area contributed by atoms with Gasteiger partial charge in [0, 0.05) is 16.8 Å². The SMILES string of the molecule is CCOc1ccc(/C=C/C(=O)c2ccc(NC(=O)c3cccc(C)c3)cc2)cc1OC. The summed E-state index contributed by atoms with van der Waals surface area (Å²) in [5.41, 5.74) is 3.60. The maximum absolute atomic E-state index is 12.5. The molecule has 1 N–H and O–H groups in total. The predicted molar refractivity (Wildman–Crippen MR) is 123 cm³/mol. The van der Waals surface area contributed by atoms with Crippen LogP contribution in [0.1, 0.15) is 38.8 Å². The van der Waals surface area contributed by atoms with Gasteiger partial charge < -0.3 is 14.8 Å². The molecule has 5 heteroatoms. The summed E-state index contributed by atoms with van der Waals surface area (Å²) >= 11 is 0. The molecule has 158 valence electrons. The summed E-state index contributed by atoms with van der Waals surface area (Å²) in [6, 6.07) is 19.7. The first-order valence-electron chi connectivity index (χ1n) is 10.0. The molecule has 0 atom stereocenters. The van der Waals surface area contributed by atoms with Crippen LogP contribution in [0.3, 0.4) is 0 Å². The first kappa shape index (κ1) is 21.8. The minimum atomic E-state index is -0.188. The Labute approximate surface area is 182 Å². The fraction of sp³-hybridized carbons (Fsp3) is 0.154. The quantitative estimate of drug-likeness (QED) is 0.387. The lowest BCUT2D eigenvalue weighted by Gasteiger charge is -2.09. The predicted octanol–water partition coefficient (Wildman–Crippen LogP) is 5.55. The lowest BCUT2D eigenvalue weighted by Crippen LogP contribution is -2.12. The summed E-state index contributed by atoms with van der Waals surface area (Å²) in [7, 11) is 1.58. The van der Waals surface area contributed by atoms with Crippen molar-refractivity contribution in [3.63, 3.8) is 0 Å². The number of amides is 1. The largest absolute Gasteiger partial charge is 0.493 e. The molecule has 0 fully saturated rings. The minimum absolute atomic E-state index is 0.135. The van der Waals surface area contributed by atoms with Crippen LogP contribution < -0.4 is 14.8 Å². The third-order valence-corrected chi connectivity index (χ3v) is 4.62. The Morgan fingerprint density at radius 3 is 2.39 bits per heavy atom. The highest BCUT2D eigenvalue weighted by molar-refractivity contribution is 6.08. The Bertz CT molecular complexity index is 1100. The molecule has 0 aliphatic heterocycles. The summed E-state index contributed by atoms with van der Waals surface area (Å²) in [5, 5.41) is 2.84. The van der Waals surface area contributed by atoms with Crippen molar-refractivity contribution in [1.82, 2.24) is 0 Å².